The molecule has 0 saturated heterocycles. The minimum Gasteiger partial charge on any atom is -0.309 e. The lowest BCUT2D eigenvalue weighted by Gasteiger charge is -2.11. The molecule has 0 atom stereocenters. The van der Waals surface area contributed by atoms with Crippen molar-refractivity contribution in [3.05, 3.63) is 176 Å². The number of hydrogen-bond acceptors (Lipinski definition) is 1. The Hall–Kier alpha value is -6.71. The van der Waals surface area contributed by atoms with Crippen molar-refractivity contribution in [1.82, 2.24) is 14.1 Å². The first-order chi connectivity index (χ1) is 25.2. The molecule has 11 rings (SSSR count). The molecular formula is C48H31N3. The summed E-state index contributed by atoms with van der Waals surface area (Å²) >= 11 is 0. The zero-order chi connectivity index (χ0) is 33.8. The normalized spacial score (nSPS) is 12.8. The molecule has 0 spiro atoms. The minimum atomic E-state index is 0.931. The van der Waals surface area contributed by atoms with E-state index in [0.29, 0.717) is 0 Å². The molecule has 3 heteroatoms. The fourth-order valence-corrected chi connectivity index (χ4v) is 8.70. The summed E-state index contributed by atoms with van der Waals surface area (Å²) < 4.78 is 4.76. The summed E-state index contributed by atoms with van der Waals surface area (Å²) in [6, 6.07) is 55.3. The van der Waals surface area contributed by atoms with E-state index in [4.69, 9.17) is 4.98 Å². The van der Waals surface area contributed by atoms with Crippen LogP contribution in [0.2, 0.25) is 0 Å². The van der Waals surface area contributed by atoms with Gasteiger partial charge in [-0.05, 0) is 94.1 Å². The standard InChI is InChI=1S/C48H31N3/c1-3-35-29(2)47-46-33(13-11-18-38(35)46)28-45(49-47)51-42-19-10-9-17-37(42)40-26-31(22-25-44(40)51)32-21-24-43-41(27-32)39-23-20-30-12-7-8-16-36(30)48(39)50(43)34-14-5-4-6-15-34/h3-28H,1H2,2H3. The molecule has 0 saturated carbocycles. The van der Waals surface area contributed by atoms with Crippen LogP contribution in [0.4, 0.5) is 0 Å². The molecule has 238 valence electrons. The van der Waals surface area contributed by atoms with Crippen molar-refractivity contribution in [2.75, 3.05) is 0 Å². The van der Waals surface area contributed by atoms with Gasteiger partial charge < -0.3 is 4.57 Å². The van der Waals surface area contributed by atoms with Gasteiger partial charge >= 0.3 is 0 Å². The van der Waals surface area contributed by atoms with Crippen LogP contribution in [0, 0.1) is 0 Å². The highest BCUT2D eigenvalue weighted by Gasteiger charge is 2.24. The number of allylic oxidation sites excluding steroid dienone is 3. The van der Waals surface area contributed by atoms with Crippen LogP contribution in [0.5, 0.6) is 0 Å². The Bertz CT molecular complexity index is 3150. The second-order valence-electron chi connectivity index (χ2n) is 13.6. The molecule has 0 N–H and O–H groups in total. The largest absolute Gasteiger partial charge is 0.309 e. The van der Waals surface area contributed by atoms with Gasteiger partial charge in [-0.2, -0.15) is 0 Å². The topological polar surface area (TPSA) is 22.8 Å². The Labute approximate surface area is 294 Å². The quantitative estimate of drug-likeness (QED) is 0.186. The van der Waals surface area contributed by atoms with Crippen LogP contribution < -0.4 is 0 Å². The number of benzene rings is 7. The van der Waals surface area contributed by atoms with Crippen molar-refractivity contribution in [3.8, 4) is 22.6 Å². The first-order valence-electron chi connectivity index (χ1n) is 17.5. The fraction of sp³-hybridized carbons (Fsp3) is 0.0208. The predicted octanol–water partition coefficient (Wildman–Crippen LogP) is 12.7. The summed E-state index contributed by atoms with van der Waals surface area (Å²) in [5.74, 6) is 0.931. The number of fused-ring (bicyclic) bond motifs is 8. The molecule has 0 bridgehead atoms. The van der Waals surface area contributed by atoms with Crippen LogP contribution in [0.3, 0.4) is 0 Å². The van der Waals surface area contributed by atoms with Crippen LogP contribution in [0.1, 0.15) is 18.2 Å². The van der Waals surface area contributed by atoms with E-state index in [0.717, 1.165) is 22.5 Å². The zero-order valence-electron chi connectivity index (χ0n) is 28.1. The highest BCUT2D eigenvalue weighted by atomic mass is 15.1. The highest BCUT2D eigenvalue weighted by Crippen LogP contribution is 2.44. The first kappa shape index (κ1) is 28.2. The predicted molar refractivity (Wildman–Crippen MR) is 216 cm³/mol. The van der Waals surface area contributed by atoms with Gasteiger partial charge in [0.2, 0.25) is 0 Å². The first-order valence-corrected chi connectivity index (χ1v) is 17.5. The van der Waals surface area contributed by atoms with Crippen molar-refractivity contribution in [3.63, 3.8) is 0 Å². The molecule has 0 amide bonds. The van der Waals surface area contributed by atoms with Crippen LogP contribution in [-0.4, -0.2) is 14.1 Å². The third-order valence-electron chi connectivity index (χ3n) is 11.0. The molecule has 3 heterocycles. The maximum atomic E-state index is 5.34. The van der Waals surface area contributed by atoms with E-state index in [2.05, 4.69) is 174 Å². The van der Waals surface area contributed by atoms with Gasteiger partial charge in [0.1, 0.15) is 5.82 Å². The molecule has 3 aromatic heterocycles. The number of pyridine rings is 1. The van der Waals surface area contributed by atoms with E-state index >= 15 is 0 Å². The Morgan fingerprint density at radius 1 is 0.529 bits per heavy atom. The smallest absolute Gasteiger partial charge is 0.138 e. The summed E-state index contributed by atoms with van der Waals surface area (Å²) in [5, 5.41) is 9.86. The van der Waals surface area contributed by atoms with Gasteiger partial charge in [0, 0.05) is 38.0 Å². The van der Waals surface area contributed by atoms with Gasteiger partial charge in [-0.3, -0.25) is 4.57 Å². The lowest BCUT2D eigenvalue weighted by molar-refractivity contribution is 1.08. The van der Waals surface area contributed by atoms with E-state index in [1.807, 2.05) is 6.08 Å². The monoisotopic (exact) mass is 649 g/mol. The number of para-hydroxylation sites is 2. The van der Waals surface area contributed by atoms with Crippen LogP contribution in [-0.2, 0) is 0 Å². The molecule has 3 nitrogen and oxygen atoms in total. The van der Waals surface area contributed by atoms with E-state index in [-0.39, 0.29) is 0 Å². The molecule has 1 aliphatic rings. The Morgan fingerprint density at radius 2 is 1.20 bits per heavy atom. The van der Waals surface area contributed by atoms with E-state index in [1.165, 1.54) is 87.6 Å². The average Bonchev–Trinajstić information content (AvgIpc) is 3.80. The summed E-state index contributed by atoms with van der Waals surface area (Å²) in [6.45, 7) is 6.28. The maximum absolute atomic E-state index is 5.34. The summed E-state index contributed by atoms with van der Waals surface area (Å²) in [7, 11) is 0. The van der Waals surface area contributed by atoms with Crippen molar-refractivity contribution in [2.24, 2.45) is 0 Å². The third-order valence-corrected chi connectivity index (χ3v) is 11.0. The van der Waals surface area contributed by atoms with E-state index < -0.39 is 0 Å². The Balaban J connectivity index is 1.13. The SMILES string of the molecule is C=CC1=C(C)c2nc(-n3c4ccccc4c4cc(-c5ccc6c(c5)c5ccc7ccccc7c5n6-c5ccccc5)ccc43)cc3cccc1c23. The van der Waals surface area contributed by atoms with Crippen LogP contribution in [0.15, 0.2) is 164 Å². The number of hydrogen-bond donors (Lipinski definition) is 0. The van der Waals surface area contributed by atoms with Gasteiger partial charge in [0.05, 0.1) is 27.8 Å². The van der Waals surface area contributed by atoms with Gasteiger partial charge in [-0.1, -0.05) is 116 Å². The minimum absolute atomic E-state index is 0.931. The van der Waals surface area contributed by atoms with E-state index in [9.17, 15) is 0 Å². The molecule has 0 radical (unpaired) electrons. The number of nitrogens with zero attached hydrogens (tertiary/aromatic N) is 3. The van der Waals surface area contributed by atoms with Crippen LogP contribution in [0.25, 0.3) is 98.9 Å². The Kier molecular flexibility index (Phi) is 5.74. The molecule has 0 aliphatic heterocycles. The van der Waals surface area contributed by atoms with Crippen molar-refractivity contribution < 1.29 is 0 Å². The number of aromatic nitrogens is 3. The zero-order valence-corrected chi connectivity index (χ0v) is 28.1. The number of rotatable bonds is 4. The molecule has 10 aromatic rings. The van der Waals surface area contributed by atoms with Crippen LogP contribution >= 0.6 is 0 Å². The van der Waals surface area contributed by atoms with Gasteiger partial charge in [-0.15, -0.1) is 0 Å². The molecule has 1 aliphatic carbocycles. The van der Waals surface area contributed by atoms with Gasteiger partial charge in [0.15, 0.2) is 0 Å². The van der Waals surface area contributed by atoms with Gasteiger partial charge in [-0.25, -0.2) is 4.98 Å². The van der Waals surface area contributed by atoms with Gasteiger partial charge in [0.25, 0.3) is 0 Å². The van der Waals surface area contributed by atoms with Crippen molar-refractivity contribution in [2.45, 2.75) is 6.92 Å². The molecule has 51 heavy (non-hydrogen) atoms. The lowest BCUT2D eigenvalue weighted by atomic mass is 10.00. The molecular weight excluding hydrogens is 619 g/mol. The average molecular weight is 650 g/mol. The second-order valence-corrected chi connectivity index (χ2v) is 13.6. The maximum Gasteiger partial charge on any atom is 0.138 e. The second kappa shape index (κ2) is 10.4. The molecule has 0 unspecified atom stereocenters. The molecule has 0 fully saturated rings. The third kappa shape index (κ3) is 3.86. The summed E-state index contributed by atoms with van der Waals surface area (Å²) in [6.07, 6.45) is 1.96. The highest BCUT2D eigenvalue weighted by molar-refractivity contribution is 6.20. The molecule has 7 aromatic carbocycles. The van der Waals surface area contributed by atoms with Crippen molar-refractivity contribution >= 4 is 76.3 Å². The Morgan fingerprint density at radius 3 is 2.00 bits per heavy atom. The summed E-state index contributed by atoms with van der Waals surface area (Å²) in [5.41, 5.74) is 12.9. The lowest BCUT2D eigenvalue weighted by Crippen LogP contribution is -2.00. The fourth-order valence-electron chi connectivity index (χ4n) is 8.70. The summed E-state index contributed by atoms with van der Waals surface area (Å²) in [4.78, 5) is 5.34. The van der Waals surface area contributed by atoms with Crippen molar-refractivity contribution in [1.29, 1.82) is 0 Å². The van der Waals surface area contributed by atoms with E-state index in [1.54, 1.807) is 0 Å².